The number of nitrogens with one attached hydrogen (secondary N) is 2. The first-order chi connectivity index (χ1) is 17.4. The summed E-state index contributed by atoms with van der Waals surface area (Å²) in [6, 6.07) is 10.8. The predicted octanol–water partition coefficient (Wildman–Crippen LogP) is 5.34. The Morgan fingerprint density at radius 2 is 1.94 bits per heavy atom. The standard InChI is InChI=1S/C28H37FN6O/c1-20(2)31-25-21(8-7-15-30-25)19-34-16-13-28(14-17-34)26(32-23-10-4-3-5-11-23)33-27(36)35(28)24-12-6-9-22(29)18-24/h6-9,12,15,18,20,23H,3-5,10-11,13-14,16-17,19H2,1-2H3,(H,30,31)(H,32,33,36). The smallest absolute Gasteiger partial charge is 0.328 e. The highest BCUT2D eigenvalue weighted by atomic mass is 19.1. The van der Waals surface area contributed by atoms with Crippen molar-refractivity contribution in [3.63, 3.8) is 0 Å². The van der Waals surface area contributed by atoms with E-state index in [0.717, 1.165) is 57.0 Å². The number of likely N-dealkylation sites (tertiary alicyclic amines) is 1. The molecule has 2 aliphatic heterocycles. The van der Waals surface area contributed by atoms with E-state index >= 15 is 0 Å². The van der Waals surface area contributed by atoms with Crippen molar-refractivity contribution in [2.75, 3.05) is 23.3 Å². The van der Waals surface area contributed by atoms with E-state index in [1.807, 2.05) is 18.3 Å². The first kappa shape index (κ1) is 24.7. The van der Waals surface area contributed by atoms with Gasteiger partial charge in [-0.15, -0.1) is 0 Å². The van der Waals surface area contributed by atoms with E-state index in [2.05, 4.69) is 40.4 Å². The van der Waals surface area contributed by atoms with Gasteiger partial charge in [-0.05, 0) is 63.8 Å². The monoisotopic (exact) mass is 492 g/mol. The second-order valence-electron chi connectivity index (χ2n) is 10.6. The lowest BCUT2D eigenvalue weighted by molar-refractivity contribution is 0.184. The first-order valence-corrected chi connectivity index (χ1v) is 13.3. The molecule has 1 aromatic carbocycles. The van der Waals surface area contributed by atoms with E-state index in [4.69, 9.17) is 4.99 Å². The molecule has 2 aromatic rings. The van der Waals surface area contributed by atoms with Gasteiger partial charge in [0, 0.05) is 43.1 Å². The van der Waals surface area contributed by atoms with Gasteiger partial charge >= 0.3 is 6.03 Å². The fraction of sp³-hybridized carbons (Fsp3) is 0.536. The third kappa shape index (κ3) is 5.09. The summed E-state index contributed by atoms with van der Waals surface area (Å²) in [4.78, 5) is 27.2. The molecule has 1 spiro atoms. The van der Waals surface area contributed by atoms with Crippen LogP contribution in [0.25, 0.3) is 0 Å². The van der Waals surface area contributed by atoms with Gasteiger partial charge in [-0.2, -0.15) is 0 Å². The van der Waals surface area contributed by atoms with E-state index in [9.17, 15) is 9.18 Å². The number of hydrogen-bond acceptors (Lipinski definition) is 5. The zero-order valence-electron chi connectivity index (χ0n) is 21.3. The van der Waals surface area contributed by atoms with Crippen LogP contribution in [0.4, 0.5) is 20.7 Å². The molecule has 2 amide bonds. The van der Waals surface area contributed by atoms with Gasteiger partial charge in [0.1, 0.15) is 23.0 Å². The van der Waals surface area contributed by atoms with E-state index in [1.54, 1.807) is 11.0 Å². The molecule has 0 unspecified atom stereocenters. The van der Waals surface area contributed by atoms with Crippen LogP contribution in [-0.4, -0.2) is 52.5 Å². The molecule has 3 fully saturated rings. The van der Waals surface area contributed by atoms with Crippen LogP contribution < -0.4 is 15.5 Å². The number of aliphatic imine (C=N–C) groups is 1. The second-order valence-corrected chi connectivity index (χ2v) is 10.6. The van der Waals surface area contributed by atoms with Crippen molar-refractivity contribution in [3.05, 3.63) is 54.0 Å². The number of nitrogens with zero attached hydrogens (tertiary/aromatic N) is 4. The minimum Gasteiger partial charge on any atom is -0.368 e. The van der Waals surface area contributed by atoms with Gasteiger partial charge < -0.3 is 5.32 Å². The average molecular weight is 493 g/mol. The second kappa shape index (κ2) is 10.5. The largest absolute Gasteiger partial charge is 0.368 e. The number of amides is 2. The number of pyridine rings is 1. The van der Waals surface area contributed by atoms with Crippen molar-refractivity contribution in [2.24, 2.45) is 4.99 Å². The molecule has 3 heterocycles. The Labute approximate surface area is 213 Å². The van der Waals surface area contributed by atoms with Gasteiger partial charge in [0.25, 0.3) is 0 Å². The van der Waals surface area contributed by atoms with Crippen molar-refractivity contribution < 1.29 is 9.18 Å². The molecule has 7 nitrogen and oxygen atoms in total. The molecule has 2 saturated heterocycles. The summed E-state index contributed by atoms with van der Waals surface area (Å²) in [5, 5.41) is 6.55. The van der Waals surface area contributed by atoms with E-state index in [-0.39, 0.29) is 17.9 Å². The maximum atomic E-state index is 14.2. The lowest BCUT2D eigenvalue weighted by Gasteiger charge is -2.44. The summed E-state index contributed by atoms with van der Waals surface area (Å²) in [5.74, 6) is 1.35. The van der Waals surface area contributed by atoms with Gasteiger partial charge in [0.15, 0.2) is 0 Å². The van der Waals surface area contributed by atoms with Crippen LogP contribution in [0, 0.1) is 5.82 Å². The number of piperidine rings is 1. The van der Waals surface area contributed by atoms with Crippen molar-refractivity contribution >= 4 is 23.4 Å². The van der Waals surface area contributed by atoms with Crippen LogP contribution in [0.3, 0.4) is 0 Å². The highest BCUT2D eigenvalue weighted by Gasteiger charge is 2.53. The molecule has 2 N–H and O–H groups in total. The topological polar surface area (TPSA) is 72.9 Å². The summed E-state index contributed by atoms with van der Waals surface area (Å²) in [7, 11) is 0. The Balaban J connectivity index is 1.41. The predicted molar refractivity (Wildman–Crippen MR) is 142 cm³/mol. The van der Waals surface area contributed by atoms with Crippen LogP contribution >= 0.6 is 0 Å². The molecule has 192 valence electrons. The molecule has 0 radical (unpaired) electrons. The van der Waals surface area contributed by atoms with E-state index < -0.39 is 5.54 Å². The maximum Gasteiger partial charge on any atom is 0.328 e. The number of halogens is 1. The van der Waals surface area contributed by atoms with Gasteiger partial charge in [-0.25, -0.2) is 14.2 Å². The molecule has 1 saturated carbocycles. The number of carbonyl (C=O) groups is 1. The summed E-state index contributed by atoms with van der Waals surface area (Å²) in [6.45, 7) is 6.62. The van der Waals surface area contributed by atoms with Gasteiger partial charge in [0.2, 0.25) is 0 Å². The van der Waals surface area contributed by atoms with Crippen LogP contribution in [0.2, 0.25) is 0 Å². The molecular weight excluding hydrogens is 455 g/mol. The first-order valence-electron chi connectivity index (χ1n) is 13.3. The molecule has 3 aliphatic rings. The Kier molecular flexibility index (Phi) is 7.23. The quantitative estimate of drug-likeness (QED) is 0.571. The maximum absolute atomic E-state index is 14.2. The summed E-state index contributed by atoms with van der Waals surface area (Å²) < 4.78 is 14.2. The highest BCUT2D eigenvalue weighted by Crippen LogP contribution is 2.39. The van der Waals surface area contributed by atoms with Crippen LogP contribution in [-0.2, 0) is 6.54 Å². The van der Waals surface area contributed by atoms with Crippen LogP contribution in [0.5, 0.6) is 0 Å². The van der Waals surface area contributed by atoms with Gasteiger partial charge in [0.05, 0.1) is 6.04 Å². The number of aromatic nitrogens is 1. The summed E-state index contributed by atoms with van der Waals surface area (Å²) >= 11 is 0. The number of anilines is 2. The van der Waals surface area contributed by atoms with Crippen molar-refractivity contribution in [3.8, 4) is 0 Å². The number of urea groups is 1. The summed E-state index contributed by atoms with van der Waals surface area (Å²) in [5.41, 5.74) is 1.18. The molecule has 5 rings (SSSR count). The van der Waals surface area contributed by atoms with Crippen LogP contribution in [0.15, 0.2) is 47.6 Å². The molecule has 36 heavy (non-hydrogen) atoms. The van der Waals surface area contributed by atoms with Crippen molar-refractivity contribution in [1.29, 1.82) is 0 Å². The Hall–Kier alpha value is -3.00. The van der Waals surface area contributed by atoms with Crippen molar-refractivity contribution in [2.45, 2.75) is 83.0 Å². The normalized spacial score (nSPS) is 21.9. The number of amidine groups is 1. The fourth-order valence-corrected chi connectivity index (χ4v) is 5.85. The zero-order valence-corrected chi connectivity index (χ0v) is 21.3. The third-order valence-electron chi connectivity index (χ3n) is 7.64. The fourth-order valence-electron chi connectivity index (χ4n) is 5.85. The minimum atomic E-state index is -0.577. The zero-order chi connectivity index (χ0) is 25.1. The third-order valence-corrected chi connectivity index (χ3v) is 7.64. The SMILES string of the molecule is CC(C)Nc1ncccc1CN1CCC2(CC1)C(=NC1CCCCC1)NC(=O)N2c1cccc(F)c1. The Bertz CT molecular complexity index is 1100. The molecule has 1 aromatic heterocycles. The molecular formula is C28H37FN6O. The summed E-state index contributed by atoms with van der Waals surface area (Å²) in [6.07, 6.45) is 9.04. The lowest BCUT2D eigenvalue weighted by atomic mass is 9.84. The number of benzene rings is 1. The highest BCUT2D eigenvalue weighted by molar-refractivity contribution is 6.19. The van der Waals surface area contributed by atoms with Crippen LogP contribution in [0.1, 0.15) is 64.4 Å². The van der Waals surface area contributed by atoms with Gasteiger partial charge in [-0.1, -0.05) is 31.4 Å². The Morgan fingerprint density at radius 1 is 1.17 bits per heavy atom. The lowest BCUT2D eigenvalue weighted by Crippen LogP contribution is -2.57. The number of hydrogen-bond donors (Lipinski definition) is 2. The van der Waals surface area contributed by atoms with E-state index in [1.165, 1.54) is 37.0 Å². The number of rotatable bonds is 6. The van der Waals surface area contributed by atoms with Crippen molar-refractivity contribution in [1.82, 2.24) is 15.2 Å². The van der Waals surface area contributed by atoms with E-state index in [0.29, 0.717) is 11.7 Å². The molecule has 0 bridgehead atoms. The Morgan fingerprint density at radius 3 is 2.67 bits per heavy atom. The minimum absolute atomic E-state index is 0.209. The average Bonchev–Trinajstić information content (AvgIpc) is 3.12. The molecule has 0 atom stereocenters. The number of carbonyl (C=O) groups excluding carboxylic acids is 1. The van der Waals surface area contributed by atoms with Gasteiger partial charge in [-0.3, -0.25) is 20.1 Å². The molecule has 1 aliphatic carbocycles. The molecule has 8 heteroatoms.